The fraction of sp³-hybridized carbons (Fsp3) is 0.385. The number of aromatic amines is 1. The molecule has 0 bridgehead atoms. The van der Waals surface area contributed by atoms with Crippen LogP contribution in [-0.2, 0) is 6.42 Å². The number of hydrogen-bond donors (Lipinski definition) is 1. The highest BCUT2D eigenvalue weighted by molar-refractivity contribution is 5.83. The molecule has 1 aromatic heterocycles. The Morgan fingerprint density at radius 1 is 1.27 bits per heavy atom. The third kappa shape index (κ3) is 2.20. The molecule has 0 atom stereocenters. The maximum atomic E-state index is 13.0. The van der Waals surface area contributed by atoms with Crippen molar-refractivity contribution in [1.82, 2.24) is 4.98 Å². The van der Waals surface area contributed by atoms with Gasteiger partial charge >= 0.3 is 0 Å². The van der Waals surface area contributed by atoms with Crippen LogP contribution < -0.4 is 0 Å². The molecular weight excluding hydrogens is 189 g/mol. The summed E-state index contributed by atoms with van der Waals surface area (Å²) in [5.41, 5.74) is 2.40. The fourth-order valence-corrected chi connectivity index (χ4v) is 1.88. The molecule has 2 aromatic rings. The number of rotatable bonds is 1. The molecule has 0 spiro atoms. The van der Waals surface area contributed by atoms with Crippen LogP contribution in [0.5, 0.6) is 0 Å². The molecule has 1 nitrogen and oxygen atoms in total. The maximum Gasteiger partial charge on any atom is 0.125 e. The van der Waals surface area contributed by atoms with Gasteiger partial charge in [0, 0.05) is 17.1 Å². The summed E-state index contributed by atoms with van der Waals surface area (Å²) in [6.07, 6.45) is 2.98. The van der Waals surface area contributed by atoms with Crippen LogP contribution in [0.1, 0.15) is 26.3 Å². The van der Waals surface area contributed by atoms with Crippen molar-refractivity contribution < 1.29 is 4.39 Å². The molecule has 1 N–H and O–H groups in total. The molecule has 0 aliphatic rings. The van der Waals surface area contributed by atoms with Crippen LogP contribution in [0.3, 0.4) is 0 Å². The first-order valence-electron chi connectivity index (χ1n) is 5.21. The zero-order chi connectivity index (χ0) is 11.1. The number of aromatic nitrogens is 1. The second kappa shape index (κ2) is 3.37. The van der Waals surface area contributed by atoms with E-state index in [-0.39, 0.29) is 11.2 Å². The van der Waals surface area contributed by atoms with E-state index in [0.29, 0.717) is 0 Å². The van der Waals surface area contributed by atoms with Crippen LogP contribution in [0.15, 0.2) is 24.4 Å². The van der Waals surface area contributed by atoms with Gasteiger partial charge in [-0.25, -0.2) is 4.39 Å². The number of nitrogens with one attached hydrogen (secondary N) is 1. The molecule has 0 radical (unpaired) electrons. The average molecular weight is 205 g/mol. The molecule has 0 unspecified atom stereocenters. The molecule has 0 saturated heterocycles. The number of fused-ring (bicyclic) bond motifs is 1. The highest BCUT2D eigenvalue weighted by Crippen LogP contribution is 2.26. The molecule has 0 aliphatic heterocycles. The first-order valence-corrected chi connectivity index (χ1v) is 5.21. The zero-order valence-corrected chi connectivity index (χ0v) is 9.39. The SMILES string of the molecule is CC(C)(C)Cc1c[nH]c2cc(F)ccc12. The van der Waals surface area contributed by atoms with Crippen molar-refractivity contribution >= 4 is 10.9 Å². The summed E-state index contributed by atoms with van der Waals surface area (Å²) in [6.45, 7) is 6.61. The van der Waals surface area contributed by atoms with Crippen LogP contribution in [0, 0.1) is 11.2 Å². The Bertz CT molecular complexity index is 477. The molecule has 0 fully saturated rings. The summed E-state index contributed by atoms with van der Waals surface area (Å²) in [6, 6.07) is 4.91. The van der Waals surface area contributed by atoms with Gasteiger partial charge in [0.1, 0.15) is 5.82 Å². The van der Waals surface area contributed by atoms with Gasteiger partial charge in [-0.2, -0.15) is 0 Å². The van der Waals surface area contributed by atoms with Crippen molar-refractivity contribution in [3.05, 3.63) is 35.8 Å². The standard InChI is InChI=1S/C13H16FN/c1-13(2,3)7-9-8-15-12-6-10(14)4-5-11(9)12/h4-6,8,15H,7H2,1-3H3. The molecular formula is C13H16FN. The van der Waals surface area contributed by atoms with E-state index < -0.39 is 0 Å². The highest BCUT2D eigenvalue weighted by Gasteiger charge is 2.14. The molecule has 0 aliphatic carbocycles. The lowest BCUT2D eigenvalue weighted by Gasteiger charge is -2.17. The van der Waals surface area contributed by atoms with E-state index in [1.165, 1.54) is 11.6 Å². The summed E-state index contributed by atoms with van der Waals surface area (Å²) in [5, 5.41) is 1.13. The van der Waals surface area contributed by atoms with Gasteiger partial charge in [-0.3, -0.25) is 0 Å². The number of halogens is 1. The minimum absolute atomic E-state index is 0.188. The molecule has 15 heavy (non-hydrogen) atoms. The second-order valence-corrected chi connectivity index (χ2v) is 5.24. The van der Waals surface area contributed by atoms with E-state index in [1.54, 1.807) is 6.07 Å². The molecule has 2 heteroatoms. The van der Waals surface area contributed by atoms with Crippen molar-refractivity contribution in [1.29, 1.82) is 0 Å². The summed E-state index contributed by atoms with van der Waals surface area (Å²) < 4.78 is 13.0. The van der Waals surface area contributed by atoms with Gasteiger partial charge in [0.15, 0.2) is 0 Å². The average Bonchev–Trinajstić information content (AvgIpc) is 2.45. The number of H-pyrrole nitrogens is 1. The third-order valence-electron chi connectivity index (χ3n) is 2.45. The summed E-state index contributed by atoms with van der Waals surface area (Å²) in [7, 11) is 0. The lowest BCUT2D eigenvalue weighted by molar-refractivity contribution is 0.412. The van der Waals surface area contributed by atoms with Crippen LogP contribution in [0.4, 0.5) is 4.39 Å². The van der Waals surface area contributed by atoms with Gasteiger partial charge in [0.2, 0.25) is 0 Å². The Morgan fingerprint density at radius 3 is 2.67 bits per heavy atom. The number of hydrogen-bond acceptors (Lipinski definition) is 0. The lowest BCUT2D eigenvalue weighted by atomic mass is 9.88. The van der Waals surface area contributed by atoms with E-state index >= 15 is 0 Å². The Labute approximate surface area is 89.3 Å². The smallest absolute Gasteiger partial charge is 0.125 e. The second-order valence-electron chi connectivity index (χ2n) is 5.24. The summed E-state index contributed by atoms with van der Waals surface area (Å²) in [4.78, 5) is 3.11. The van der Waals surface area contributed by atoms with E-state index in [0.717, 1.165) is 17.3 Å². The van der Waals surface area contributed by atoms with Gasteiger partial charge in [0.25, 0.3) is 0 Å². The minimum Gasteiger partial charge on any atom is -0.361 e. The summed E-state index contributed by atoms with van der Waals surface area (Å²) in [5.74, 6) is -0.188. The van der Waals surface area contributed by atoms with Crippen LogP contribution in [-0.4, -0.2) is 4.98 Å². The molecule has 0 amide bonds. The topological polar surface area (TPSA) is 15.8 Å². The Morgan fingerprint density at radius 2 is 2.00 bits per heavy atom. The monoisotopic (exact) mass is 205 g/mol. The molecule has 2 rings (SSSR count). The van der Waals surface area contributed by atoms with E-state index in [2.05, 4.69) is 25.8 Å². The van der Waals surface area contributed by atoms with Crippen molar-refractivity contribution in [2.45, 2.75) is 27.2 Å². The molecule has 80 valence electrons. The lowest BCUT2D eigenvalue weighted by Crippen LogP contribution is -2.08. The van der Waals surface area contributed by atoms with Crippen molar-refractivity contribution in [2.75, 3.05) is 0 Å². The zero-order valence-electron chi connectivity index (χ0n) is 9.39. The van der Waals surface area contributed by atoms with Crippen LogP contribution in [0.2, 0.25) is 0 Å². The van der Waals surface area contributed by atoms with Gasteiger partial charge in [0.05, 0.1) is 0 Å². The van der Waals surface area contributed by atoms with Crippen LogP contribution >= 0.6 is 0 Å². The van der Waals surface area contributed by atoms with Gasteiger partial charge in [-0.15, -0.1) is 0 Å². The molecule has 1 aromatic carbocycles. The fourth-order valence-electron chi connectivity index (χ4n) is 1.88. The van der Waals surface area contributed by atoms with E-state index in [9.17, 15) is 4.39 Å². The first kappa shape index (κ1) is 10.2. The van der Waals surface area contributed by atoms with Crippen molar-refractivity contribution in [2.24, 2.45) is 5.41 Å². The quantitative estimate of drug-likeness (QED) is 0.726. The Kier molecular flexibility index (Phi) is 2.29. The first-order chi connectivity index (χ1) is 6.96. The largest absolute Gasteiger partial charge is 0.361 e. The predicted molar refractivity (Wildman–Crippen MR) is 61.4 cm³/mol. The predicted octanol–water partition coefficient (Wildman–Crippen LogP) is 3.90. The summed E-state index contributed by atoms with van der Waals surface area (Å²) >= 11 is 0. The Balaban J connectivity index is 2.45. The molecule has 0 saturated carbocycles. The third-order valence-corrected chi connectivity index (χ3v) is 2.45. The van der Waals surface area contributed by atoms with Gasteiger partial charge < -0.3 is 4.98 Å². The van der Waals surface area contributed by atoms with Crippen LogP contribution in [0.25, 0.3) is 10.9 Å². The number of benzene rings is 1. The normalized spacial score (nSPS) is 12.3. The molecule has 1 heterocycles. The van der Waals surface area contributed by atoms with E-state index in [4.69, 9.17) is 0 Å². The van der Waals surface area contributed by atoms with Crippen molar-refractivity contribution in [3.63, 3.8) is 0 Å². The van der Waals surface area contributed by atoms with Crippen molar-refractivity contribution in [3.8, 4) is 0 Å². The van der Waals surface area contributed by atoms with Gasteiger partial charge in [-0.05, 0) is 35.6 Å². The van der Waals surface area contributed by atoms with E-state index in [1.807, 2.05) is 12.3 Å². The minimum atomic E-state index is -0.188. The maximum absolute atomic E-state index is 13.0. The highest BCUT2D eigenvalue weighted by atomic mass is 19.1. The van der Waals surface area contributed by atoms with Gasteiger partial charge in [-0.1, -0.05) is 20.8 Å². The Hall–Kier alpha value is -1.31.